The summed E-state index contributed by atoms with van der Waals surface area (Å²) in [7, 11) is 0. The van der Waals surface area contributed by atoms with Gasteiger partial charge in [0, 0.05) is 24.6 Å². The molecule has 2 aromatic rings. The molecule has 1 N–H and O–H groups in total. The largest absolute Gasteiger partial charge is 0.379 e. The van der Waals surface area contributed by atoms with E-state index in [2.05, 4.69) is 10.3 Å². The Labute approximate surface area is 127 Å². The van der Waals surface area contributed by atoms with Crippen molar-refractivity contribution >= 4 is 23.1 Å². The highest BCUT2D eigenvalue weighted by Gasteiger charge is 2.17. The topological polar surface area (TPSA) is 68.1 Å². The van der Waals surface area contributed by atoms with E-state index in [4.69, 9.17) is 0 Å². The Morgan fingerprint density at radius 3 is 2.81 bits per heavy atom. The molecule has 21 heavy (non-hydrogen) atoms. The van der Waals surface area contributed by atoms with Gasteiger partial charge in [0.15, 0.2) is 0 Å². The number of anilines is 1. The lowest BCUT2D eigenvalue weighted by Gasteiger charge is -2.11. The zero-order chi connectivity index (χ0) is 15.1. The molecule has 0 aliphatic rings. The molecule has 0 saturated heterocycles. The van der Waals surface area contributed by atoms with Gasteiger partial charge in [-0.2, -0.15) is 0 Å². The fraction of sp³-hybridized carbons (Fsp3) is 0.267. The first-order chi connectivity index (χ1) is 10.2. The van der Waals surface area contributed by atoms with Crippen LogP contribution >= 0.6 is 11.8 Å². The van der Waals surface area contributed by atoms with Crippen molar-refractivity contribution in [3.8, 4) is 0 Å². The fourth-order valence-electron chi connectivity index (χ4n) is 1.90. The van der Waals surface area contributed by atoms with E-state index in [1.54, 1.807) is 24.0 Å². The molecule has 0 bridgehead atoms. The standard InChI is InChI=1S/C15H17N3O2S/c1-2-9-17-15-12(6-5-7-13(15)18(19)20)11-21-14-8-3-4-10-16-14/h3-8,10,17H,2,9,11H2,1H3. The zero-order valence-electron chi connectivity index (χ0n) is 11.8. The number of aromatic nitrogens is 1. The number of nitrogens with zero attached hydrogens (tertiary/aromatic N) is 2. The van der Waals surface area contributed by atoms with Crippen LogP contribution < -0.4 is 5.32 Å². The molecule has 0 atom stereocenters. The van der Waals surface area contributed by atoms with Gasteiger partial charge in [0.1, 0.15) is 5.69 Å². The Kier molecular flexibility index (Phi) is 5.57. The Hall–Kier alpha value is -2.08. The molecular weight excluding hydrogens is 286 g/mol. The van der Waals surface area contributed by atoms with Crippen LogP contribution in [0, 0.1) is 10.1 Å². The number of hydrogen-bond donors (Lipinski definition) is 1. The summed E-state index contributed by atoms with van der Waals surface area (Å²) >= 11 is 1.57. The van der Waals surface area contributed by atoms with Crippen molar-refractivity contribution in [1.29, 1.82) is 0 Å². The summed E-state index contributed by atoms with van der Waals surface area (Å²) in [5, 5.41) is 15.2. The lowest BCUT2D eigenvalue weighted by Crippen LogP contribution is -2.06. The minimum absolute atomic E-state index is 0.127. The Morgan fingerprint density at radius 1 is 1.29 bits per heavy atom. The van der Waals surface area contributed by atoms with Gasteiger partial charge >= 0.3 is 0 Å². The van der Waals surface area contributed by atoms with E-state index in [0.29, 0.717) is 18.0 Å². The maximum absolute atomic E-state index is 11.2. The van der Waals surface area contributed by atoms with Crippen molar-refractivity contribution in [3.63, 3.8) is 0 Å². The van der Waals surface area contributed by atoms with Crippen LogP contribution in [0.1, 0.15) is 18.9 Å². The molecule has 0 aliphatic carbocycles. The predicted molar refractivity (Wildman–Crippen MR) is 85.7 cm³/mol. The summed E-state index contributed by atoms with van der Waals surface area (Å²) in [6.07, 6.45) is 2.66. The number of nitro benzene ring substituents is 1. The van der Waals surface area contributed by atoms with Gasteiger partial charge in [-0.1, -0.05) is 25.1 Å². The molecule has 0 saturated carbocycles. The predicted octanol–water partition coefficient (Wildman–Crippen LogP) is 4.10. The molecular formula is C15H17N3O2S. The quantitative estimate of drug-likeness (QED) is 0.474. The van der Waals surface area contributed by atoms with Crippen molar-refractivity contribution in [3.05, 3.63) is 58.3 Å². The SMILES string of the molecule is CCCNc1c(CSc2ccccn2)cccc1[N+](=O)[O-]. The van der Waals surface area contributed by atoms with Gasteiger partial charge in [-0.3, -0.25) is 10.1 Å². The van der Waals surface area contributed by atoms with Crippen LogP contribution in [0.3, 0.4) is 0 Å². The normalized spacial score (nSPS) is 10.3. The number of benzene rings is 1. The molecule has 6 heteroatoms. The number of nitro groups is 1. The Morgan fingerprint density at radius 2 is 2.14 bits per heavy atom. The van der Waals surface area contributed by atoms with Crippen molar-refractivity contribution in [2.45, 2.75) is 24.1 Å². The number of thioether (sulfide) groups is 1. The van der Waals surface area contributed by atoms with E-state index in [9.17, 15) is 10.1 Å². The van der Waals surface area contributed by atoms with E-state index < -0.39 is 0 Å². The monoisotopic (exact) mass is 303 g/mol. The number of para-hydroxylation sites is 1. The first-order valence-electron chi connectivity index (χ1n) is 6.76. The molecule has 0 fully saturated rings. The first kappa shape index (κ1) is 15.3. The fourth-order valence-corrected chi connectivity index (χ4v) is 2.75. The number of hydrogen-bond acceptors (Lipinski definition) is 5. The maximum Gasteiger partial charge on any atom is 0.292 e. The number of pyridine rings is 1. The third-order valence-electron chi connectivity index (χ3n) is 2.89. The molecule has 0 amide bonds. The van der Waals surface area contributed by atoms with Crippen LogP contribution in [0.2, 0.25) is 0 Å². The second-order valence-electron chi connectivity index (χ2n) is 4.45. The summed E-state index contributed by atoms with van der Waals surface area (Å²) in [4.78, 5) is 15.1. The molecule has 1 heterocycles. The highest BCUT2D eigenvalue weighted by atomic mass is 32.2. The summed E-state index contributed by atoms with van der Waals surface area (Å²) in [6.45, 7) is 2.75. The van der Waals surface area contributed by atoms with Crippen LogP contribution in [0.15, 0.2) is 47.6 Å². The smallest absolute Gasteiger partial charge is 0.292 e. The van der Waals surface area contributed by atoms with E-state index in [1.165, 1.54) is 6.07 Å². The van der Waals surface area contributed by atoms with Crippen LogP contribution in [0.25, 0.3) is 0 Å². The molecule has 2 rings (SSSR count). The van der Waals surface area contributed by atoms with Gasteiger partial charge in [0.25, 0.3) is 5.69 Å². The second-order valence-corrected chi connectivity index (χ2v) is 5.45. The van der Waals surface area contributed by atoms with E-state index in [1.807, 2.05) is 31.2 Å². The molecule has 110 valence electrons. The van der Waals surface area contributed by atoms with Gasteiger partial charge < -0.3 is 5.32 Å². The third-order valence-corrected chi connectivity index (χ3v) is 3.88. The lowest BCUT2D eigenvalue weighted by molar-refractivity contribution is -0.384. The summed E-state index contributed by atoms with van der Waals surface area (Å²) < 4.78 is 0. The minimum atomic E-state index is -0.340. The summed E-state index contributed by atoms with van der Waals surface area (Å²) in [5.41, 5.74) is 1.67. The maximum atomic E-state index is 11.2. The molecule has 0 radical (unpaired) electrons. The highest BCUT2D eigenvalue weighted by molar-refractivity contribution is 7.98. The average Bonchev–Trinajstić information content (AvgIpc) is 2.52. The second kappa shape index (κ2) is 7.64. The van der Waals surface area contributed by atoms with Crippen LogP contribution in [0.4, 0.5) is 11.4 Å². The summed E-state index contributed by atoms with van der Waals surface area (Å²) in [6, 6.07) is 10.9. The molecule has 1 aromatic heterocycles. The van der Waals surface area contributed by atoms with E-state index >= 15 is 0 Å². The Bertz CT molecular complexity index is 605. The molecule has 1 aromatic carbocycles. The minimum Gasteiger partial charge on any atom is -0.379 e. The van der Waals surface area contributed by atoms with Gasteiger partial charge in [-0.15, -0.1) is 11.8 Å². The van der Waals surface area contributed by atoms with Gasteiger partial charge in [-0.05, 0) is 24.1 Å². The van der Waals surface area contributed by atoms with Crippen LogP contribution in [-0.4, -0.2) is 16.5 Å². The first-order valence-corrected chi connectivity index (χ1v) is 7.75. The Balaban J connectivity index is 2.21. The van der Waals surface area contributed by atoms with E-state index in [-0.39, 0.29) is 10.6 Å². The van der Waals surface area contributed by atoms with Crippen molar-refractivity contribution < 1.29 is 4.92 Å². The van der Waals surface area contributed by atoms with Gasteiger partial charge in [-0.25, -0.2) is 4.98 Å². The van der Waals surface area contributed by atoms with E-state index in [0.717, 1.165) is 17.0 Å². The summed E-state index contributed by atoms with van der Waals surface area (Å²) in [5.74, 6) is 0.644. The average molecular weight is 303 g/mol. The van der Waals surface area contributed by atoms with Gasteiger partial charge in [0.2, 0.25) is 0 Å². The van der Waals surface area contributed by atoms with Crippen LogP contribution in [0.5, 0.6) is 0 Å². The molecule has 0 spiro atoms. The molecule has 0 aliphatic heterocycles. The number of rotatable bonds is 7. The number of nitrogens with one attached hydrogen (secondary N) is 1. The van der Waals surface area contributed by atoms with Crippen molar-refractivity contribution in [1.82, 2.24) is 4.98 Å². The zero-order valence-corrected chi connectivity index (χ0v) is 12.6. The highest BCUT2D eigenvalue weighted by Crippen LogP contribution is 2.32. The van der Waals surface area contributed by atoms with Crippen molar-refractivity contribution in [2.75, 3.05) is 11.9 Å². The van der Waals surface area contributed by atoms with Crippen LogP contribution in [-0.2, 0) is 5.75 Å². The lowest BCUT2D eigenvalue weighted by atomic mass is 10.1. The van der Waals surface area contributed by atoms with Gasteiger partial charge in [0.05, 0.1) is 9.95 Å². The molecule has 0 unspecified atom stereocenters. The van der Waals surface area contributed by atoms with Crippen molar-refractivity contribution in [2.24, 2.45) is 0 Å². The molecule has 5 nitrogen and oxygen atoms in total. The third kappa shape index (κ3) is 4.19.